The molecule has 9 nitrogen and oxygen atoms in total. The Bertz CT molecular complexity index is 1410. The van der Waals surface area contributed by atoms with Crippen LogP contribution in [-0.2, 0) is 4.79 Å². The number of aryl methyl sites for hydroxylation is 2. The number of anilines is 3. The van der Waals surface area contributed by atoms with Crippen LogP contribution in [0, 0.1) is 13.8 Å². The monoisotopic (exact) mass is 480 g/mol. The summed E-state index contributed by atoms with van der Waals surface area (Å²) >= 11 is 2.40. The van der Waals surface area contributed by atoms with Crippen LogP contribution < -0.4 is 21.9 Å². The number of benzene rings is 2. The average molecular weight is 481 g/mol. The first-order chi connectivity index (χ1) is 15.8. The minimum atomic E-state index is -0.604. The maximum absolute atomic E-state index is 12.4. The molecule has 0 saturated heterocycles. The minimum Gasteiger partial charge on any atom is -0.382 e. The van der Waals surface area contributed by atoms with Crippen LogP contribution in [0.1, 0.15) is 21.5 Å². The molecule has 0 unspecified atom stereocenters. The lowest BCUT2D eigenvalue weighted by Gasteiger charge is -2.08. The predicted molar refractivity (Wildman–Crippen MR) is 132 cm³/mol. The van der Waals surface area contributed by atoms with Gasteiger partial charge in [0.15, 0.2) is 16.1 Å². The number of aromatic nitrogens is 3. The highest BCUT2D eigenvalue weighted by Gasteiger charge is 2.15. The van der Waals surface area contributed by atoms with Gasteiger partial charge in [0.2, 0.25) is 5.91 Å². The second-order valence-electron chi connectivity index (χ2n) is 7.28. The van der Waals surface area contributed by atoms with Crippen LogP contribution in [0.15, 0.2) is 52.4 Å². The lowest BCUT2D eigenvalue weighted by Crippen LogP contribution is -2.23. The number of nitrogens with two attached hydrogens (primary N) is 1. The number of hydrogen-bond donors (Lipinski definition) is 4. The first-order valence-electron chi connectivity index (χ1n) is 9.86. The van der Waals surface area contributed by atoms with Gasteiger partial charge in [0.1, 0.15) is 5.69 Å². The summed E-state index contributed by atoms with van der Waals surface area (Å²) in [7, 11) is 0. The fraction of sp³-hybridized carbons (Fsp3) is 0.136. The van der Waals surface area contributed by atoms with Crippen LogP contribution >= 0.6 is 23.1 Å². The summed E-state index contributed by atoms with van der Waals surface area (Å²) in [6.07, 6.45) is 0. The summed E-state index contributed by atoms with van der Waals surface area (Å²) < 4.78 is 0.986. The largest absolute Gasteiger partial charge is 0.382 e. The molecule has 4 rings (SSSR count). The second-order valence-corrected chi connectivity index (χ2v) is 9.27. The molecule has 0 radical (unpaired) electrons. The third-order valence-corrected chi connectivity index (χ3v) is 6.42. The molecule has 0 saturated carbocycles. The molecule has 0 spiro atoms. The number of aromatic amines is 1. The molecule has 2 aromatic heterocycles. The van der Waals surface area contributed by atoms with E-state index in [9.17, 15) is 14.4 Å². The van der Waals surface area contributed by atoms with E-state index >= 15 is 0 Å². The van der Waals surface area contributed by atoms with Crippen LogP contribution in [-0.4, -0.2) is 32.5 Å². The Hall–Kier alpha value is -3.70. The summed E-state index contributed by atoms with van der Waals surface area (Å²) in [5.74, 6) is -0.913. The maximum atomic E-state index is 12.4. The highest BCUT2D eigenvalue weighted by Crippen LogP contribution is 2.27. The van der Waals surface area contributed by atoms with Crippen molar-refractivity contribution >= 4 is 61.8 Å². The maximum Gasteiger partial charge on any atom is 0.277 e. The molecule has 2 heterocycles. The van der Waals surface area contributed by atoms with Crippen LogP contribution in [0.25, 0.3) is 10.2 Å². The smallest absolute Gasteiger partial charge is 0.277 e. The standard InChI is InChI=1S/C22H20N6O3S2/c1-11-3-6-13(7-4-11)19(30)26-17-18(23)27-21(28-20(17)31)32-10-16(29)25-22-24-14-8-5-12(2)9-15(14)33-22/h3-9H,10H2,1-2H3,(H,26,30)(H,24,25,29)(H3,23,27,28,31). The number of nitrogens with one attached hydrogen (secondary N) is 3. The van der Waals surface area contributed by atoms with Crippen molar-refractivity contribution in [3.63, 3.8) is 0 Å². The van der Waals surface area contributed by atoms with Gasteiger partial charge in [-0.15, -0.1) is 0 Å². The normalized spacial score (nSPS) is 10.8. The summed E-state index contributed by atoms with van der Waals surface area (Å²) in [4.78, 5) is 48.2. The van der Waals surface area contributed by atoms with Crippen molar-refractivity contribution in [2.75, 3.05) is 22.1 Å². The number of fused-ring (bicyclic) bond motifs is 1. The number of rotatable bonds is 6. The molecule has 2 amide bonds. The van der Waals surface area contributed by atoms with Gasteiger partial charge in [-0.3, -0.25) is 19.4 Å². The molecular formula is C22H20N6O3S2. The zero-order valence-corrected chi connectivity index (χ0v) is 19.4. The Morgan fingerprint density at radius 1 is 1.06 bits per heavy atom. The number of nitrogens with zero attached hydrogens (tertiary/aromatic N) is 2. The summed E-state index contributed by atoms with van der Waals surface area (Å²) in [5, 5.41) is 5.90. The molecule has 0 fully saturated rings. The topological polar surface area (TPSA) is 143 Å². The first-order valence-corrected chi connectivity index (χ1v) is 11.7. The van der Waals surface area contributed by atoms with E-state index in [0.717, 1.165) is 33.1 Å². The summed E-state index contributed by atoms with van der Waals surface area (Å²) in [5.41, 5.74) is 8.47. The number of carbonyl (C=O) groups is 2. The van der Waals surface area contributed by atoms with Crippen LogP contribution in [0.2, 0.25) is 0 Å². The van der Waals surface area contributed by atoms with Crippen molar-refractivity contribution in [1.82, 2.24) is 15.0 Å². The number of H-pyrrole nitrogens is 1. The zero-order chi connectivity index (χ0) is 23.5. The van der Waals surface area contributed by atoms with E-state index in [1.165, 1.54) is 11.3 Å². The van der Waals surface area contributed by atoms with Crippen molar-refractivity contribution in [1.29, 1.82) is 0 Å². The second kappa shape index (κ2) is 9.43. The third kappa shape index (κ3) is 5.38. The highest BCUT2D eigenvalue weighted by atomic mass is 32.2. The fourth-order valence-electron chi connectivity index (χ4n) is 2.92. The van der Waals surface area contributed by atoms with Crippen molar-refractivity contribution in [2.45, 2.75) is 19.0 Å². The quantitative estimate of drug-likeness (QED) is 0.244. The SMILES string of the molecule is Cc1ccc(C(=O)Nc2c(N)nc(SCC(=O)Nc3nc4ccc(C)cc4s3)[nH]c2=O)cc1. The molecular weight excluding hydrogens is 460 g/mol. The first kappa shape index (κ1) is 22.5. The molecule has 4 aromatic rings. The Morgan fingerprint density at radius 2 is 1.79 bits per heavy atom. The van der Waals surface area contributed by atoms with Crippen molar-refractivity contribution < 1.29 is 9.59 Å². The van der Waals surface area contributed by atoms with E-state index in [0.29, 0.717) is 10.7 Å². The predicted octanol–water partition coefficient (Wildman–Crippen LogP) is 3.56. The molecule has 0 atom stereocenters. The fourth-order valence-corrected chi connectivity index (χ4v) is 4.57. The number of thiazole rings is 1. The van der Waals surface area contributed by atoms with E-state index in [4.69, 9.17) is 5.73 Å². The van der Waals surface area contributed by atoms with E-state index in [2.05, 4.69) is 25.6 Å². The Labute approximate surface area is 196 Å². The number of hydrogen-bond acceptors (Lipinski definition) is 8. The highest BCUT2D eigenvalue weighted by molar-refractivity contribution is 7.99. The van der Waals surface area contributed by atoms with Gasteiger partial charge in [0.05, 0.1) is 16.0 Å². The van der Waals surface area contributed by atoms with Gasteiger partial charge < -0.3 is 16.4 Å². The number of carbonyl (C=O) groups excluding carboxylic acids is 2. The Kier molecular flexibility index (Phi) is 6.43. The number of nitrogen functional groups attached to an aromatic ring is 1. The van der Waals surface area contributed by atoms with Gasteiger partial charge in [-0.05, 0) is 43.7 Å². The molecule has 11 heteroatoms. The van der Waals surface area contributed by atoms with Gasteiger partial charge in [0, 0.05) is 5.56 Å². The van der Waals surface area contributed by atoms with Gasteiger partial charge >= 0.3 is 0 Å². The van der Waals surface area contributed by atoms with Crippen molar-refractivity contribution in [3.05, 3.63) is 69.5 Å². The average Bonchev–Trinajstić information content (AvgIpc) is 3.16. The lowest BCUT2D eigenvalue weighted by molar-refractivity contribution is -0.113. The van der Waals surface area contributed by atoms with Gasteiger partial charge in [-0.1, -0.05) is 46.9 Å². The van der Waals surface area contributed by atoms with Gasteiger partial charge in [0.25, 0.3) is 11.5 Å². The molecule has 0 bridgehead atoms. The summed E-state index contributed by atoms with van der Waals surface area (Å²) in [6, 6.07) is 12.8. The van der Waals surface area contributed by atoms with E-state index in [1.54, 1.807) is 24.3 Å². The summed E-state index contributed by atoms with van der Waals surface area (Å²) in [6.45, 7) is 3.90. The van der Waals surface area contributed by atoms with Crippen molar-refractivity contribution in [2.24, 2.45) is 0 Å². The lowest BCUT2D eigenvalue weighted by atomic mass is 10.1. The van der Waals surface area contributed by atoms with Gasteiger partial charge in [-0.2, -0.15) is 0 Å². The third-order valence-electron chi connectivity index (χ3n) is 4.61. The Morgan fingerprint density at radius 3 is 2.52 bits per heavy atom. The minimum absolute atomic E-state index is 0.00753. The van der Waals surface area contributed by atoms with E-state index in [-0.39, 0.29) is 28.3 Å². The number of thioether (sulfide) groups is 1. The Balaban J connectivity index is 1.39. The molecule has 2 aromatic carbocycles. The molecule has 5 N–H and O–H groups in total. The molecule has 0 aliphatic heterocycles. The zero-order valence-electron chi connectivity index (χ0n) is 17.8. The molecule has 0 aliphatic rings. The van der Waals surface area contributed by atoms with Crippen LogP contribution in [0.3, 0.4) is 0 Å². The van der Waals surface area contributed by atoms with Crippen molar-refractivity contribution in [3.8, 4) is 0 Å². The molecule has 168 valence electrons. The molecule has 0 aliphatic carbocycles. The van der Waals surface area contributed by atoms with Gasteiger partial charge in [-0.25, -0.2) is 9.97 Å². The van der Waals surface area contributed by atoms with Crippen LogP contribution in [0.5, 0.6) is 0 Å². The molecule has 33 heavy (non-hydrogen) atoms. The van der Waals surface area contributed by atoms with E-state index in [1.807, 2.05) is 32.0 Å². The van der Waals surface area contributed by atoms with Crippen LogP contribution in [0.4, 0.5) is 16.6 Å². The van der Waals surface area contributed by atoms with E-state index < -0.39 is 11.5 Å². The number of amides is 2.